The molecule has 0 spiro atoms. The summed E-state index contributed by atoms with van der Waals surface area (Å²) >= 11 is 0. The molecule has 23 nitrogen and oxygen atoms in total. The van der Waals surface area contributed by atoms with E-state index in [4.69, 9.17) is 89.7 Å². The van der Waals surface area contributed by atoms with Crippen molar-refractivity contribution in [3.63, 3.8) is 0 Å². The lowest BCUT2D eigenvalue weighted by Gasteiger charge is -2.48. The van der Waals surface area contributed by atoms with Crippen LogP contribution >= 0.6 is 0 Å². The molecular formula is C101H120O23Si. The first kappa shape index (κ1) is 94.1. The van der Waals surface area contributed by atoms with Gasteiger partial charge in [0.25, 0.3) is 8.32 Å². The molecule has 24 heteroatoms. The monoisotopic (exact) mass is 1730 g/mol. The van der Waals surface area contributed by atoms with Crippen LogP contribution in [0, 0.1) is 0 Å². The van der Waals surface area contributed by atoms with Crippen LogP contribution in [0.3, 0.4) is 0 Å². The van der Waals surface area contributed by atoms with Crippen molar-refractivity contribution in [2.45, 2.75) is 214 Å². The zero-order chi connectivity index (χ0) is 87.3. The topological polar surface area (TPSA) is 256 Å². The Labute approximate surface area is 735 Å². The van der Waals surface area contributed by atoms with Crippen LogP contribution in [0.2, 0.25) is 5.04 Å². The van der Waals surface area contributed by atoms with Crippen LogP contribution in [-0.4, -0.2) is 200 Å². The number of rotatable bonds is 30. The summed E-state index contributed by atoms with van der Waals surface area (Å²) in [4.78, 5) is 0. The van der Waals surface area contributed by atoms with Crippen LogP contribution in [0.25, 0.3) is 0 Å². The summed E-state index contributed by atoms with van der Waals surface area (Å²) in [6.45, 7) is 11.7. The van der Waals surface area contributed by atoms with E-state index in [0.29, 0.717) is 52.7 Å². The minimum Gasteiger partial charge on any atom is -0.405 e. The van der Waals surface area contributed by atoms with E-state index in [0.717, 1.165) is 54.9 Å². The van der Waals surface area contributed by atoms with Gasteiger partial charge in [-0.15, -0.1) is 0 Å². The van der Waals surface area contributed by atoms with Gasteiger partial charge in [-0.25, -0.2) is 0 Å². The molecule has 6 aliphatic rings. The van der Waals surface area contributed by atoms with Crippen molar-refractivity contribution in [1.82, 2.24) is 0 Å². The quantitative estimate of drug-likeness (QED) is 0.0305. The Morgan fingerprint density at radius 3 is 0.928 bits per heavy atom. The molecule has 16 rings (SSSR count). The fraction of sp³-hybridized carbons (Fsp3) is 0.406. The molecule has 6 fully saturated rings. The SMILES string of the molecule is CCC1O[C@H](OC)C(OCc2ccccc2)[C@H](OCc2ccccc2)[C@@H]1O.CO[C@H]1OC(CO[Si](c2ccccc2)(c2ccccc2)C(C)(C)C)[C@@H](O)[C@@H](OCc2ccccc2)C1OCc1ccccc1.CO[C@H]1OC2COC(c3ccccc3)O[C@H]2[C@@H](OCc2ccccc2)C1OCc1ccccc1.CO[C@H]1OC2COC(c3ccccc3)O[C@H]2[C@H](O)C1O. The Morgan fingerprint density at radius 2 is 0.584 bits per heavy atom. The molecule has 0 amide bonds. The third-order valence-electron chi connectivity index (χ3n) is 22.9. The van der Waals surface area contributed by atoms with Gasteiger partial charge in [-0.2, -0.15) is 0 Å². The van der Waals surface area contributed by atoms with Gasteiger partial charge in [0.1, 0.15) is 91.6 Å². The van der Waals surface area contributed by atoms with E-state index in [2.05, 4.69) is 69.3 Å². The largest absolute Gasteiger partial charge is 0.405 e. The summed E-state index contributed by atoms with van der Waals surface area (Å²) in [6.07, 6.45) is -13.5. The van der Waals surface area contributed by atoms with Gasteiger partial charge in [-0.05, 0) is 55.2 Å². The number of aliphatic hydroxyl groups is 4. The van der Waals surface area contributed by atoms with Gasteiger partial charge in [0, 0.05) is 39.6 Å². The molecule has 0 saturated carbocycles. The second-order valence-corrected chi connectivity index (χ2v) is 36.7. The summed E-state index contributed by atoms with van der Waals surface area (Å²) in [7, 11) is 3.35. The fourth-order valence-electron chi connectivity index (χ4n) is 16.4. The van der Waals surface area contributed by atoms with Gasteiger partial charge < -0.3 is 110 Å². The van der Waals surface area contributed by atoms with E-state index in [1.165, 1.54) is 7.11 Å². The number of aliphatic hydroxyl groups excluding tert-OH is 4. The van der Waals surface area contributed by atoms with Gasteiger partial charge in [-0.3, -0.25) is 0 Å². The number of methoxy groups -OCH3 is 4. The predicted octanol–water partition coefficient (Wildman–Crippen LogP) is 13.6. The standard InChI is InChI=1S/C37H44O6Si.C28H30O6.C22H28O5.C14H18O6/c1-37(2,3)44(30-21-13-7-14-22-30,31-23-15-8-16-24-31)42-27-32-33(38)34(40-25-28-17-9-5-10-18-28)35(36(39-4)43-32)41-26-29-19-11-6-12-20-29;1-29-28-26(31-18-21-13-7-3-8-14-21)25(30-17-20-11-5-2-6-12-20)24-23(33-28)19-32-27(34-24)22-15-9-4-10-16-22;1-3-18-19(23)20(25-14-16-10-6-4-7-11-16)21(22(24-2)27-18)26-15-17-12-8-5-9-13-17;1-17-14-11(16)10(15)12-9(19-14)7-18-13(20-12)8-5-3-2-4-6-8/h5-24,32-36,38H,25-27H2,1-4H3;2-16,23-28H,17-19H2,1H3;4-13,18-23H,3,14-15H2,1-2H3;2-6,9-16H,7H2,1H3/t32?,33-,34-,35?,36+;23?,24-,25-,26?,27?,28+;18?,19-,20-,21?,22+;9?,10-,11?,12-,13?,14+/m1111/s1. The molecule has 0 aromatic heterocycles. The molecule has 10 aromatic carbocycles. The molecule has 6 aliphatic heterocycles. The third-order valence-corrected chi connectivity index (χ3v) is 27.9. The molecule has 0 radical (unpaired) electrons. The van der Waals surface area contributed by atoms with Crippen LogP contribution in [0.15, 0.2) is 303 Å². The zero-order valence-electron chi connectivity index (χ0n) is 72.2. The van der Waals surface area contributed by atoms with E-state index in [9.17, 15) is 20.4 Å². The summed E-state index contributed by atoms with van der Waals surface area (Å²) in [5.74, 6) is 0. The molecule has 0 aliphatic carbocycles. The van der Waals surface area contributed by atoms with E-state index >= 15 is 0 Å². The molecule has 10 aromatic rings. The molecule has 6 saturated heterocycles. The van der Waals surface area contributed by atoms with Gasteiger partial charge in [-0.1, -0.05) is 331 Å². The highest BCUT2D eigenvalue weighted by Crippen LogP contribution is 2.41. The summed E-state index contributed by atoms with van der Waals surface area (Å²) in [6, 6.07) is 100. The van der Waals surface area contributed by atoms with Crippen LogP contribution in [0.1, 0.15) is 91.2 Å². The number of hydrogen-bond donors (Lipinski definition) is 4. The van der Waals surface area contributed by atoms with E-state index in [1.54, 1.807) is 21.3 Å². The maximum atomic E-state index is 11.9. The second-order valence-electron chi connectivity index (χ2n) is 32.4. The number of fused-ring (bicyclic) bond motifs is 2. The second kappa shape index (κ2) is 47.5. The highest BCUT2D eigenvalue weighted by Gasteiger charge is 2.56. The highest BCUT2D eigenvalue weighted by atomic mass is 28.4. The van der Waals surface area contributed by atoms with Gasteiger partial charge in [0.2, 0.25) is 0 Å². The predicted molar refractivity (Wildman–Crippen MR) is 471 cm³/mol. The highest BCUT2D eigenvalue weighted by molar-refractivity contribution is 6.99. The molecule has 4 N–H and O–H groups in total. The lowest BCUT2D eigenvalue weighted by molar-refractivity contribution is -0.369. The van der Waals surface area contributed by atoms with Crippen LogP contribution in [0.5, 0.6) is 0 Å². The van der Waals surface area contributed by atoms with Crippen molar-refractivity contribution >= 4 is 18.7 Å². The molecule has 10 unspecified atom stereocenters. The molecule has 22 atom stereocenters. The number of ether oxygens (including phenoxy) is 18. The van der Waals surface area contributed by atoms with Crippen LogP contribution < -0.4 is 10.4 Å². The Morgan fingerprint density at radius 1 is 0.304 bits per heavy atom. The van der Waals surface area contributed by atoms with Crippen molar-refractivity contribution in [3.05, 3.63) is 348 Å². The van der Waals surface area contributed by atoms with Gasteiger partial charge in [0.05, 0.1) is 65.6 Å². The first-order chi connectivity index (χ1) is 61.1. The Kier molecular flexibility index (Phi) is 35.8. The average molecular weight is 1730 g/mol. The molecule has 6 heterocycles. The number of hydrogen-bond acceptors (Lipinski definition) is 23. The summed E-state index contributed by atoms with van der Waals surface area (Å²) in [5.41, 5.74) is 8.06. The maximum Gasteiger partial charge on any atom is 0.261 e. The molecular weight excluding hydrogens is 1610 g/mol. The first-order valence-corrected chi connectivity index (χ1v) is 44.8. The van der Waals surface area contributed by atoms with Crippen molar-refractivity contribution < 1.29 is 110 Å². The van der Waals surface area contributed by atoms with Crippen molar-refractivity contribution in [1.29, 1.82) is 0 Å². The third kappa shape index (κ3) is 24.9. The van der Waals surface area contributed by atoms with E-state index in [-0.39, 0.29) is 36.6 Å². The minimum absolute atomic E-state index is 0.158. The molecule has 125 heavy (non-hydrogen) atoms. The van der Waals surface area contributed by atoms with E-state index < -0.39 is 125 Å². The van der Waals surface area contributed by atoms with E-state index in [1.807, 2.05) is 262 Å². The average Bonchev–Trinajstić information content (AvgIpc) is 0.739. The Hall–Kier alpha value is -8.50. The Bertz CT molecular complexity index is 4580. The Balaban J connectivity index is 0.000000148. The van der Waals surface area contributed by atoms with Gasteiger partial charge in [0.15, 0.2) is 37.7 Å². The first-order valence-electron chi connectivity index (χ1n) is 42.9. The number of benzene rings is 10. The lowest BCUT2D eigenvalue weighted by atomic mass is 9.96. The van der Waals surface area contributed by atoms with Crippen molar-refractivity contribution in [3.8, 4) is 0 Å². The smallest absolute Gasteiger partial charge is 0.261 e. The summed E-state index contributed by atoms with van der Waals surface area (Å²) in [5, 5.41) is 44.8. The minimum atomic E-state index is -2.87. The molecule has 666 valence electrons. The lowest BCUT2D eigenvalue weighted by Crippen LogP contribution is -2.68. The molecule has 0 bridgehead atoms. The van der Waals surface area contributed by atoms with Crippen LogP contribution in [0.4, 0.5) is 0 Å². The fourth-order valence-corrected chi connectivity index (χ4v) is 20.9. The normalized spacial score (nSPS) is 28.4. The van der Waals surface area contributed by atoms with Crippen LogP contribution in [-0.2, 0) is 129 Å². The van der Waals surface area contributed by atoms with Crippen molar-refractivity contribution in [2.24, 2.45) is 0 Å². The zero-order valence-corrected chi connectivity index (χ0v) is 73.2. The maximum absolute atomic E-state index is 11.9. The van der Waals surface area contributed by atoms with Crippen molar-refractivity contribution in [2.75, 3.05) is 48.3 Å². The summed E-state index contributed by atoms with van der Waals surface area (Å²) < 4.78 is 115. The van der Waals surface area contributed by atoms with Gasteiger partial charge >= 0.3 is 0 Å².